The van der Waals surface area contributed by atoms with Crippen molar-refractivity contribution in [3.05, 3.63) is 54.1 Å². The molecule has 0 aliphatic heterocycles. The third-order valence-electron chi connectivity index (χ3n) is 5.50. The molecule has 2 rings (SSSR count). The van der Waals surface area contributed by atoms with E-state index >= 15 is 0 Å². The molecule has 0 saturated heterocycles. The quantitative estimate of drug-likeness (QED) is 0.178. The fourth-order valence-electron chi connectivity index (χ4n) is 3.56. The molecule has 2 unspecified atom stereocenters. The van der Waals surface area contributed by atoms with Gasteiger partial charge in [-0.25, -0.2) is 14.4 Å². The molecule has 0 saturated carbocycles. The molecule has 3 N–H and O–H groups in total. The molecule has 0 aromatic heterocycles. The first-order valence-electron chi connectivity index (χ1n) is 13.1. The van der Waals surface area contributed by atoms with Crippen molar-refractivity contribution in [1.29, 1.82) is 0 Å². The molecule has 0 heterocycles. The molecule has 12 heteroatoms. The van der Waals surface area contributed by atoms with E-state index < -0.39 is 42.3 Å². The van der Waals surface area contributed by atoms with Crippen molar-refractivity contribution in [2.24, 2.45) is 23.5 Å². The van der Waals surface area contributed by atoms with Crippen LogP contribution in [0, 0.1) is 17.8 Å². The van der Waals surface area contributed by atoms with Gasteiger partial charge in [-0.2, -0.15) is 0 Å². The highest BCUT2D eigenvalue weighted by Crippen LogP contribution is 2.36. The maximum Gasteiger partial charge on any atom is 0.513 e. The van der Waals surface area contributed by atoms with Crippen LogP contribution in [0.4, 0.5) is 14.4 Å². The monoisotopic (exact) mass is 575 g/mol. The number of nitrogens with two attached hydrogens (primary N) is 1. The van der Waals surface area contributed by atoms with Crippen LogP contribution in [0.3, 0.4) is 0 Å². The van der Waals surface area contributed by atoms with Gasteiger partial charge in [0.2, 0.25) is 0 Å². The molecule has 0 fully saturated rings. The number of carboxylic acids is 1. The van der Waals surface area contributed by atoms with Crippen molar-refractivity contribution < 1.29 is 52.7 Å². The van der Waals surface area contributed by atoms with Crippen LogP contribution in [0.1, 0.15) is 46.1 Å². The molecule has 0 spiro atoms. The fraction of sp³-hybridized carbons (Fsp3) is 0.448. The summed E-state index contributed by atoms with van der Waals surface area (Å²) in [5, 5.41) is 9.70. The highest BCUT2D eigenvalue weighted by Gasteiger charge is 2.33. The Morgan fingerprint density at radius 1 is 0.707 bits per heavy atom. The second-order valence-electron chi connectivity index (χ2n) is 10.2. The first-order valence-corrected chi connectivity index (χ1v) is 13.1. The number of ether oxygens (including phenoxy) is 6. The zero-order valence-electron chi connectivity index (χ0n) is 23.7. The van der Waals surface area contributed by atoms with Crippen molar-refractivity contribution in [2.75, 3.05) is 19.8 Å². The lowest BCUT2D eigenvalue weighted by Gasteiger charge is -2.27. The molecule has 0 amide bonds. The Balaban J connectivity index is 2.31. The maximum absolute atomic E-state index is 12.3. The van der Waals surface area contributed by atoms with Gasteiger partial charge in [0.05, 0.1) is 19.8 Å². The van der Waals surface area contributed by atoms with E-state index in [9.17, 15) is 24.3 Å². The lowest BCUT2D eigenvalue weighted by atomic mass is 9.82. The minimum absolute atomic E-state index is 0.0305. The molecule has 2 aromatic rings. The van der Waals surface area contributed by atoms with E-state index in [4.69, 9.17) is 34.2 Å². The lowest BCUT2D eigenvalue weighted by molar-refractivity contribution is -0.139. The number of benzene rings is 2. The van der Waals surface area contributed by atoms with E-state index in [1.54, 1.807) is 37.3 Å². The van der Waals surface area contributed by atoms with Gasteiger partial charge in [-0.3, -0.25) is 4.79 Å². The molecule has 41 heavy (non-hydrogen) atoms. The SMILES string of the molecule is CC(C)COC(=O)Oc1ccc(C(C(C)COC(=O)Oc2ccccc2)[C@H](N)C(=O)O)cc1OC(=O)OCC(C)C. The molecule has 0 aliphatic carbocycles. The average molecular weight is 576 g/mol. The van der Waals surface area contributed by atoms with Gasteiger partial charge in [0.25, 0.3) is 0 Å². The summed E-state index contributed by atoms with van der Waals surface area (Å²) in [5.41, 5.74) is 6.34. The fourth-order valence-corrected chi connectivity index (χ4v) is 3.56. The van der Waals surface area contributed by atoms with Gasteiger partial charge in [0.1, 0.15) is 11.8 Å². The van der Waals surface area contributed by atoms with E-state index in [0.717, 1.165) is 0 Å². The Hall–Kier alpha value is -4.32. The van der Waals surface area contributed by atoms with Gasteiger partial charge in [0.15, 0.2) is 11.5 Å². The van der Waals surface area contributed by atoms with Gasteiger partial charge in [-0.1, -0.05) is 58.9 Å². The Labute approximate surface area is 238 Å². The summed E-state index contributed by atoms with van der Waals surface area (Å²) in [7, 11) is 0. The Bertz CT molecular complexity index is 1170. The third kappa shape index (κ3) is 11.4. The molecule has 224 valence electrons. The van der Waals surface area contributed by atoms with Gasteiger partial charge >= 0.3 is 24.4 Å². The number of para-hydroxylation sites is 1. The van der Waals surface area contributed by atoms with Gasteiger partial charge in [-0.05, 0) is 47.6 Å². The Morgan fingerprint density at radius 3 is 1.76 bits per heavy atom. The summed E-state index contributed by atoms with van der Waals surface area (Å²) in [6.45, 7) is 8.93. The largest absolute Gasteiger partial charge is 0.513 e. The average Bonchev–Trinajstić information content (AvgIpc) is 2.91. The number of rotatable bonds is 13. The summed E-state index contributed by atoms with van der Waals surface area (Å²) in [6, 6.07) is 10.9. The molecule has 0 aliphatic rings. The molecular formula is C29H37NO11. The topological polar surface area (TPSA) is 170 Å². The Kier molecular flexibility index (Phi) is 12.9. The van der Waals surface area contributed by atoms with E-state index in [0.29, 0.717) is 5.56 Å². The minimum atomic E-state index is -1.44. The van der Waals surface area contributed by atoms with Crippen LogP contribution >= 0.6 is 0 Å². The number of carboxylic acid groups (broad SMARTS) is 1. The molecule has 12 nitrogen and oxygen atoms in total. The number of carbonyl (C=O) groups is 4. The maximum atomic E-state index is 12.3. The standard InChI is InChI=1S/C29H37NO11/c1-17(2)14-36-28(34)40-22-12-11-20(13-23(22)41-29(35)37-15-18(3)4)24(25(30)26(31)32)19(5)16-38-27(33)39-21-9-7-6-8-10-21/h6-13,17-19,24-25H,14-16,30H2,1-5H3,(H,31,32)/t19?,24?,25-/m0/s1. The summed E-state index contributed by atoms with van der Waals surface area (Å²) in [6.07, 6.45) is -3.06. The predicted octanol–water partition coefficient (Wildman–Crippen LogP) is 5.38. The summed E-state index contributed by atoms with van der Waals surface area (Å²) in [4.78, 5) is 48.6. The first-order chi connectivity index (χ1) is 19.4. The second kappa shape index (κ2) is 16.1. The lowest BCUT2D eigenvalue weighted by Crippen LogP contribution is -2.40. The van der Waals surface area contributed by atoms with E-state index in [1.165, 1.54) is 18.2 Å². The number of aliphatic carboxylic acids is 1. The van der Waals surface area contributed by atoms with Gasteiger partial charge in [0, 0.05) is 5.92 Å². The zero-order valence-corrected chi connectivity index (χ0v) is 23.7. The van der Waals surface area contributed by atoms with Crippen LogP contribution < -0.4 is 19.9 Å². The summed E-state index contributed by atoms with van der Waals surface area (Å²) < 4.78 is 31.0. The third-order valence-corrected chi connectivity index (χ3v) is 5.50. The van der Waals surface area contributed by atoms with Crippen LogP contribution in [0.2, 0.25) is 0 Å². The summed E-state index contributed by atoms with van der Waals surface area (Å²) in [5.74, 6) is -2.93. The van der Waals surface area contributed by atoms with Crippen molar-refractivity contribution in [2.45, 2.75) is 46.6 Å². The Morgan fingerprint density at radius 2 is 1.22 bits per heavy atom. The predicted molar refractivity (Wildman–Crippen MR) is 146 cm³/mol. The molecule has 0 radical (unpaired) electrons. The van der Waals surface area contributed by atoms with Crippen LogP contribution in [0.15, 0.2) is 48.5 Å². The van der Waals surface area contributed by atoms with E-state index in [1.807, 2.05) is 27.7 Å². The van der Waals surface area contributed by atoms with Crippen LogP contribution in [-0.2, 0) is 19.0 Å². The normalized spacial score (nSPS) is 13.1. The number of carbonyl (C=O) groups excluding carboxylic acids is 3. The zero-order chi connectivity index (χ0) is 30.5. The van der Waals surface area contributed by atoms with Gasteiger partial charge < -0.3 is 39.3 Å². The minimum Gasteiger partial charge on any atom is -0.480 e. The molecular weight excluding hydrogens is 538 g/mol. The van der Waals surface area contributed by atoms with Crippen molar-refractivity contribution in [1.82, 2.24) is 0 Å². The highest BCUT2D eigenvalue weighted by molar-refractivity contribution is 5.75. The van der Waals surface area contributed by atoms with Gasteiger partial charge in [-0.15, -0.1) is 0 Å². The summed E-state index contributed by atoms with van der Waals surface area (Å²) >= 11 is 0. The van der Waals surface area contributed by atoms with Crippen molar-refractivity contribution in [3.63, 3.8) is 0 Å². The first kappa shape index (κ1) is 32.9. The van der Waals surface area contributed by atoms with Crippen molar-refractivity contribution in [3.8, 4) is 17.2 Å². The van der Waals surface area contributed by atoms with Crippen LogP contribution in [0.5, 0.6) is 17.2 Å². The second-order valence-corrected chi connectivity index (χ2v) is 10.2. The smallest absolute Gasteiger partial charge is 0.480 e. The number of hydrogen-bond donors (Lipinski definition) is 2. The van der Waals surface area contributed by atoms with Crippen molar-refractivity contribution >= 4 is 24.4 Å². The number of hydrogen-bond acceptors (Lipinski definition) is 11. The van der Waals surface area contributed by atoms with Crippen LogP contribution in [-0.4, -0.2) is 55.4 Å². The van der Waals surface area contributed by atoms with Crippen LogP contribution in [0.25, 0.3) is 0 Å². The molecule has 3 atom stereocenters. The molecule has 0 bridgehead atoms. The highest BCUT2D eigenvalue weighted by atomic mass is 16.7. The van der Waals surface area contributed by atoms with E-state index in [2.05, 4.69) is 0 Å². The molecule has 2 aromatic carbocycles. The van der Waals surface area contributed by atoms with E-state index in [-0.39, 0.29) is 48.9 Å².